The van der Waals surface area contributed by atoms with E-state index in [0.29, 0.717) is 12.1 Å². The molecule has 1 aliphatic rings. The molecule has 1 saturated heterocycles. The van der Waals surface area contributed by atoms with Crippen molar-refractivity contribution in [3.05, 3.63) is 32.6 Å². The van der Waals surface area contributed by atoms with Crippen molar-refractivity contribution in [2.24, 2.45) is 5.73 Å². The second kappa shape index (κ2) is 4.85. The second-order valence-electron chi connectivity index (χ2n) is 4.36. The molecule has 6 heteroatoms. The molecule has 1 fully saturated rings. The third-order valence-electron chi connectivity index (χ3n) is 3.05. The highest BCUT2D eigenvalue weighted by Gasteiger charge is 2.23. The Balaban J connectivity index is 2.31. The maximum Gasteiger partial charge on any atom is 0.330 e. The number of aromatic nitrogens is 2. The van der Waals surface area contributed by atoms with Crippen molar-refractivity contribution in [3.63, 3.8) is 0 Å². The number of hydrogen-bond acceptors (Lipinski definition) is 4. The van der Waals surface area contributed by atoms with E-state index in [1.54, 1.807) is 13.1 Å². The van der Waals surface area contributed by atoms with Gasteiger partial charge in [0.25, 0.3) is 5.56 Å². The molecule has 3 N–H and O–H groups in total. The van der Waals surface area contributed by atoms with Gasteiger partial charge in [0.15, 0.2) is 0 Å². The van der Waals surface area contributed by atoms with Crippen LogP contribution in [0.25, 0.3) is 0 Å². The van der Waals surface area contributed by atoms with Gasteiger partial charge in [-0.25, -0.2) is 4.79 Å². The minimum atomic E-state index is -0.428. The molecular weight excluding hydrogens is 222 g/mol. The van der Waals surface area contributed by atoms with E-state index in [1.807, 2.05) is 0 Å². The summed E-state index contributed by atoms with van der Waals surface area (Å²) in [5.74, 6) is 0. The Morgan fingerprint density at radius 3 is 3.00 bits per heavy atom. The van der Waals surface area contributed by atoms with Crippen LogP contribution in [0, 0.1) is 6.92 Å². The fourth-order valence-electron chi connectivity index (χ4n) is 2.06. The summed E-state index contributed by atoms with van der Waals surface area (Å²) in [6.07, 6.45) is 3.88. The van der Waals surface area contributed by atoms with Crippen molar-refractivity contribution in [1.29, 1.82) is 0 Å². The molecule has 1 aromatic rings. The Labute approximate surface area is 98.4 Å². The van der Waals surface area contributed by atoms with Gasteiger partial charge in [-0.2, -0.15) is 0 Å². The van der Waals surface area contributed by atoms with Crippen LogP contribution in [0.4, 0.5) is 0 Å². The molecular formula is C11H17N3O3. The SMILES string of the molecule is Cc1cn(C2CCCC(CN)O2)c(=O)[nH]c1=O. The van der Waals surface area contributed by atoms with E-state index in [1.165, 1.54) is 4.57 Å². The highest BCUT2D eigenvalue weighted by Crippen LogP contribution is 2.24. The van der Waals surface area contributed by atoms with Gasteiger partial charge in [0.2, 0.25) is 0 Å². The van der Waals surface area contributed by atoms with Crippen molar-refractivity contribution >= 4 is 0 Å². The van der Waals surface area contributed by atoms with Crippen molar-refractivity contribution in [2.45, 2.75) is 38.5 Å². The van der Waals surface area contributed by atoms with Crippen LogP contribution in [-0.4, -0.2) is 22.2 Å². The van der Waals surface area contributed by atoms with Crippen LogP contribution in [0.1, 0.15) is 31.1 Å². The minimum absolute atomic E-state index is 0.00659. The summed E-state index contributed by atoms with van der Waals surface area (Å²) < 4.78 is 7.16. The lowest BCUT2D eigenvalue weighted by atomic mass is 10.1. The smallest absolute Gasteiger partial charge is 0.330 e. The van der Waals surface area contributed by atoms with E-state index in [4.69, 9.17) is 10.5 Å². The molecule has 2 unspecified atom stereocenters. The average molecular weight is 239 g/mol. The van der Waals surface area contributed by atoms with Crippen molar-refractivity contribution in [2.75, 3.05) is 6.54 Å². The molecule has 0 aromatic carbocycles. The fraction of sp³-hybridized carbons (Fsp3) is 0.636. The number of ether oxygens (including phenoxy) is 1. The topological polar surface area (TPSA) is 90.1 Å². The third kappa shape index (κ3) is 2.48. The van der Waals surface area contributed by atoms with Crippen LogP contribution in [-0.2, 0) is 4.74 Å². The summed E-state index contributed by atoms with van der Waals surface area (Å²) in [6, 6.07) is 0. The molecule has 17 heavy (non-hydrogen) atoms. The monoisotopic (exact) mass is 239 g/mol. The second-order valence-corrected chi connectivity index (χ2v) is 4.36. The van der Waals surface area contributed by atoms with Gasteiger partial charge in [-0.1, -0.05) is 0 Å². The summed E-state index contributed by atoms with van der Waals surface area (Å²) in [5, 5.41) is 0. The number of hydrogen-bond donors (Lipinski definition) is 2. The number of aryl methyl sites for hydroxylation is 1. The summed E-state index contributed by atoms with van der Waals surface area (Å²) in [5.41, 5.74) is 5.29. The van der Waals surface area contributed by atoms with Crippen LogP contribution < -0.4 is 17.0 Å². The summed E-state index contributed by atoms with van der Waals surface area (Å²) in [6.45, 7) is 2.12. The van der Waals surface area contributed by atoms with E-state index in [2.05, 4.69) is 4.98 Å². The molecule has 2 heterocycles. The largest absolute Gasteiger partial charge is 0.353 e. The zero-order valence-corrected chi connectivity index (χ0v) is 9.81. The van der Waals surface area contributed by atoms with Gasteiger partial charge in [-0.3, -0.25) is 14.3 Å². The molecule has 0 radical (unpaired) electrons. The summed E-state index contributed by atoms with van der Waals surface area (Å²) in [7, 11) is 0. The lowest BCUT2D eigenvalue weighted by molar-refractivity contribution is -0.0869. The lowest BCUT2D eigenvalue weighted by Crippen LogP contribution is -2.38. The standard InChI is InChI=1S/C11H17N3O3/c1-7-6-14(11(16)13-10(7)15)9-4-2-3-8(5-12)17-9/h6,8-9H,2-5,12H2,1H3,(H,13,15,16). The zero-order valence-electron chi connectivity index (χ0n) is 9.81. The van der Waals surface area contributed by atoms with E-state index in [9.17, 15) is 9.59 Å². The van der Waals surface area contributed by atoms with Crippen molar-refractivity contribution in [1.82, 2.24) is 9.55 Å². The van der Waals surface area contributed by atoms with E-state index in [-0.39, 0.29) is 17.9 Å². The van der Waals surface area contributed by atoms with Gasteiger partial charge in [-0.15, -0.1) is 0 Å². The normalized spacial score (nSPS) is 24.8. The molecule has 1 aliphatic heterocycles. The first kappa shape index (κ1) is 12.1. The molecule has 1 aromatic heterocycles. The predicted molar refractivity (Wildman–Crippen MR) is 62.9 cm³/mol. The number of H-pyrrole nitrogens is 1. The first-order chi connectivity index (χ1) is 8.11. The van der Waals surface area contributed by atoms with Crippen LogP contribution in [0.15, 0.2) is 15.8 Å². The molecule has 0 aliphatic carbocycles. The maximum atomic E-state index is 11.7. The number of aromatic amines is 1. The Morgan fingerprint density at radius 2 is 2.29 bits per heavy atom. The van der Waals surface area contributed by atoms with Crippen molar-refractivity contribution < 1.29 is 4.74 Å². The molecule has 2 atom stereocenters. The number of nitrogens with two attached hydrogens (primary N) is 1. The van der Waals surface area contributed by atoms with E-state index < -0.39 is 5.69 Å². The van der Waals surface area contributed by atoms with Crippen LogP contribution >= 0.6 is 0 Å². The summed E-state index contributed by atoms with van der Waals surface area (Å²) in [4.78, 5) is 25.2. The first-order valence-electron chi connectivity index (χ1n) is 5.79. The van der Waals surface area contributed by atoms with Crippen LogP contribution in [0.2, 0.25) is 0 Å². The molecule has 0 saturated carbocycles. The molecule has 2 rings (SSSR count). The van der Waals surface area contributed by atoms with Gasteiger partial charge in [-0.05, 0) is 26.2 Å². The molecule has 0 bridgehead atoms. The molecule has 94 valence electrons. The number of rotatable bonds is 2. The maximum absolute atomic E-state index is 11.7. The molecule has 6 nitrogen and oxygen atoms in total. The van der Waals surface area contributed by atoms with Crippen LogP contribution in [0.5, 0.6) is 0 Å². The van der Waals surface area contributed by atoms with Gasteiger partial charge >= 0.3 is 5.69 Å². The third-order valence-corrected chi connectivity index (χ3v) is 3.05. The molecule has 0 amide bonds. The Hall–Kier alpha value is -1.40. The van der Waals surface area contributed by atoms with Crippen LogP contribution in [0.3, 0.4) is 0 Å². The molecule has 0 spiro atoms. The quantitative estimate of drug-likeness (QED) is 0.752. The highest BCUT2D eigenvalue weighted by atomic mass is 16.5. The lowest BCUT2D eigenvalue weighted by Gasteiger charge is -2.30. The van der Waals surface area contributed by atoms with Gasteiger partial charge < -0.3 is 10.5 Å². The van der Waals surface area contributed by atoms with Gasteiger partial charge in [0, 0.05) is 18.3 Å². The zero-order chi connectivity index (χ0) is 12.4. The first-order valence-corrected chi connectivity index (χ1v) is 5.79. The highest BCUT2D eigenvalue weighted by molar-refractivity contribution is 5.01. The summed E-state index contributed by atoms with van der Waals surface area (Å²) >= 11 is 0. The van der Waals surface area contributed by atoms with Gasteiger partial charge in [0.1, 0.15) is 6.23 Å². The Bertz CT molecular complexity index is 505. The van der Waals surface area contributed by atoms with E-state index >= 15 is 0 Å². The Morgan fingerprint density at radius 1 is 1.53 bits per heavy atom. The number of nitrogens with zero attached hydrogens (tertiary/aromatic N) is 1. The minimum Gasteiger partial charge on any atom is -0.353 e. The Kier molecular flexibility index (Phi) is 3.44. The van der Waals surface area contributed by atoms with Gasteiger partial charge in [0.05, 0.1) is 6.10 Å². The average Bonchev–Trinajstić information content (AvgIpc) is 2.34. The predicted octanol–water partition coefficient (Wildman–Crippen LogP) is -0.129. The van der Waals surface area contributed by atoms with E-state index in [0.717, 1.165) is 19.3 Å². The fourth-order valence-corrected chi connectivity index (χ4v) is 2.06. The van der Waals surface area contributed by atoms with Crippen molar-refractivity contribution in [3.8, 4) is 0 Å². The number of nitrogens with one attached hydrogen (secondary N) is 1.